The Morgan fingerprint density at radius 2 is 1.78 bits per heavy atom. The molecule has 0 bridgehead atoms. The molecule has 2 N–H and O–H groups in total. The first-order chi connectivity index (χ1) is 15.5. The smallest absolute Gasteiger partial charge is 0.274 e. The monoisotopic (exact) mass is 434 g/mol. The molecule has 32 heavy (non-hydrogen) atoms. The zero-order valence-corrected chi connectivity index (χ0v) is 18.2. The zero-order chi connectivity index (χ0) is 22.1. The fraction of sp³-hybridized carbons (Fsp3) is 0.375. The quantitative estimate of drug-likeness (QED) is 0.561. The lowest BCUT2D eigenvalue weighted by Crippen LogP contribution is -2.22. The highest BCUT2D eigenvalue weighted by molar-refractivity contribution is 6.02. The molecule has 5 rings (SSSR count). The number of hydrogen-bond acceptors (Lipinski definition) is 8. The second-order valence-corrected chi connectivity index (χ2v) is 8.47. The van der Waals surface area contributed by atoms with Gasteiger partial charge in [0.25, 0.3) is 5.89 Å². The van der Waals surface area contributed by atoms with Crippen molar-refractivity contribution in [1.29, 1.82) is 0 Å². The molecule has 1 atom stereocenters. The molecule has 1 fully saturated rings. The van der Waals surface area contributed by atoms with Crippen molar-refractivity contribution < 1.29 is 18.8 Å². The van der Waals surface area contributed by atoms with E-state index >= 15 is 0 Å². The number of nitrogens with zero attached hydrogens (tertiary/aromatic N) is 3. The van der Waals surface area contributed by atoms with E-state index in [2.05, 4.69) is 15.3 Å². The number of ether oxygens (including phenoxy) is 2. The Kier molecular flexibility index (Phi) is 5.20. The van der Waals surface area contributed by atoms with Crippen LogP contribution in [0.2, 0.25) is 0 Å². The average Bonchev–Trinajstić information content (AvgIpc) is 3.56. The van der Waals surface area contributed by atoms with Crippen molar-refractivity contribution in [3.8, 4) is 22.9 Å². The Morgan fingerprint density at radius 3 is 2.53 bits per heavy atom. The standard InChI is InChI=1S/C24H26N4O4/c1-24(23-26-22(28-31-23)15-7-10-17(25)11-8-15)14-19(27-32-24)16-9-12-20(29-2)21(13-16)30-18-5-3-4-6-18/h7-13,18H,3-6,14,25H2,1-2H3. The van der Waals surface area contributed by atoms with Gasteiger partial charge in [-0.2, -0.15) is 4.98 Å². The van der Waals surface area contributed by atoms with Crippen LogP contribution in [0.15, 0.2) is 52.1 Å². The summed E-state index contributed by atoms with van der Waals surface area (Å²) in [4.78, 5) is 10.3. The number of anilines is 1. The molecule has 3 aromatic rings. The zero-order valence-electron chi connectivity index (χ0n) is 18.2. The van der Waals surface area contributed by atoms with Crippen molar-refractivity contribution in [1.82, 2.24) is 10.1 Å². The number of nitrogens with two attached hydrogens (primary N) is 1. The number of oxime groups is 1. The fourth-order valence-electron chi connectivity index (χ4n) is 4.13. The topological polar surface area (TPSA) is 105 Å². The Hall–Kier alpha value is -3.55. The predicted molar refractivity (Wildman–Crippen MR) is 120 cm³/mol. The summed E-state index contributed by atoms with van der Waals surface area (Å²) in [5, 5.41) is 8.44. The largest absolute Gasteiger partial charge is 0.493 e. The third kappa shape index (κ3) is 3.88. The predicted octanol–water partition coefficient (Wildman–Crippen LogP) is 4.69. The Morgan fingerprint density at radius 1 is 1.03 bits per heavy atom. The molecule has 1 aliphatic carbocycles. The summed E-state index contributed by atoms with van der Waals surface area (Å²) in [6.07, 6.45) is 5.27. The van der Waals surface area contributed by atoms with Crippen molar-refractivity contribution in [3.63, 3.8) is 0 Å². The number of rotatable bonds is 6. The minimum absolute atomic E-state index is 0.233. The van der Waals surface area contributed by atoms with Gasteiger partial charge < -0.3 is 24.6 Å². The SMILES string of the molecule is COc1ccc(C2=NOC(C)(c3nc(-c4ccc(N)cc4)no3)C2)cc1OC1CCCC1. The van der Waals surface area contributed by atoms with E-state index < -0.39 is 5.60 Å². The van der Waals surface area contributed by atoms with Gasteiger partial charge in [-0.3, -0.25) is 0 Å². The van der Waals surface area contributed by atoms with E-state index in [4.69, 9.17) is 24.6 Å². The Bertz CT molecular complexity index is 1140. The van der Waals surface area contributed by atoms with Crippen molar-refractivity contribution >= 4 is 11.4 Å². The van der Waals surface area contributed by atoms with Crippen LogP contribution in [-0.4, -0.2) is 29.1 Å². The van der Waals surface area contributed by atoms with Gasteiger partial charge in [-0.1, -0.05) is 10.3 Å². The van der Waals surface area contributed by atoms with Gasteiger partial charge in [0, 0.05) is 23.2 Å². The van der Waals surface area contributed by atoms with E-state index in [0.717, 1.165) is 35.4 Å². The van der Waals surface area contributed by atoms with Crippen LogP contribution in [0, 0.1) is 0 Å². The Balaban J connectivity index is 1.35. The maximum atomic E-state index is 6.22. The highest BCUT2D eigenvalue weighted by Crippen LogP contribution is 2.38. The lowest BCUT2D eigenvalue weighted by Gasteiger charge is -2.17. The van der Waals surface area contributed by atoms with E-state index in [0.29, 0.717) is 29.6 Å². The molecule has 8 heteroatoms. The van der Waals surface area contributed by atoms with Gasteiger partial charge >= 0.3 is 0 Å². The molecule has 0 spiro atoms. The number of nitrogen functional groups attached to an aromatic ring is 1. The van der Waals surface area contributed by atoms with E-state index in [1.807, 2.05) is 37.3 Å². The van der Waals surface area contributed by atoms with Crippen molar-refractivity contribution in [3.05, 3.63) is 53.9 Å². The molecule has 0 amide bonds. The van der Waals surface area contributed by atoms with Gasteiger partial charge in [0.15, 0.2) is 11.5 Å². The first-order valence-corrected chi connectivity index (χ1v) is 10.8. The molecule has 8 nitrogen and oxygen atoms in total. The number of aromatic nitrogens is 2. The lowest BCUT2D eigenvalue weighted by atomic mass is 9.95. The molecular weight excluding hydrogens is 408 g/mol. The summed E-state index contributed by atoms with van der Waals surface area (Å²) in [5.74, 6) is 2.30. The summed E-state index contributed by atoms with van der Waals surface area (Å²) < 4.78 is 17.3. The van der Waals surface area contributed by atoms with Gasteiger partial charge in [-0.15, -0.1) is 0 Å². The van der Waals surface area contributed by atoms with Crippen LogP contribution in [0.1, 0.15) is 50.5 Å². The maximum Gasteiger partial charge on any atom is 0.274 e. The van der Waals surface area contributed by atoms with Crippen LogP contribution in [0.3, 0.4) is 0 Å². The summed E-state index contributed by atoms with van der Waals surface area (Å²) in [5.41, 5.74) is 8.12. The van der Waals surface area contributed by atoms with Gasteiger partial charge in [-0.05, 0) is 75.1 Å². The van der Waals surface area contributed by atoms with E-state index in [-0.39, 0.29) is 6.10 Å². The molecular formula is C24H26N4O4. The van der Waals surface area contributed by atoms with Crippen LogP contribution < -0.4 is 15.2 Å². The number of methoxy groups -OCH3 is 1. The van der Waals surface area contributed by atoms with Gasteiger partial charge in [0.1, 0.15) is 0 Å². The summed E-state index contributed by atoms with van der Waals surface area (Å²) in [6.45, 7) is 1.89. The fourth-order valence-corrected chi connectivity index (χ4v) is 4.13. The van der Waals surface area contributed by atoms with Crippen molar-refractivity contribution in [2.45, 2.75) is 50.7 Å². The second kappa shape index (κ2) is 8.18. The maximum absolute atomic E-state index is 6.22. The van der Waals surface area contributed by atoms with E-state index in [1.54, 1.807) is 19.2 Å². The van der Waals surface area contributed by atoms with Gasteiger partial charge in [0.2, 0.25) is 11.4 Å². The van der Waals surface area contributed by atoms with Crippen LogP contribution in [0.25, 0.3) is 11.4 Å². The molecule has 1 aromatic heterocycles. The molecule has 1 aliphatic heterocycles. The lowest BCUT2D eigenvalue weighted by molar-refractivity contribution is -0.0313. The van der Waals surface area contributed by atoms with Crippen molar-refractivity contribution in [2.75, 3.05) is 12.8 Å². The third-order valence-corrected chi connectivity index (χ3v) is 6.00. The highest BCUT2D eigenvalue weighted by atomic mass is 16.7. The van der Waals surface area contributed by atoms with E-state index in [1.165, 1.54) is 12.8 Å². The summed E-state index contributed by atoms with van der Waals surface area (Å²) >= 11 is 0. The van der Waals surface area contributed by atoms with Crippen LogP contribution in [0.5, 0.6) is 11.5 Å². The molecule has 0 saturated heterocycles. The van der Waals surface area contributed by atoms with Gasteiger partial charge in [0.05, 0.1) is 18.9 Å². The second-order valence-electron chi connectivity index (χ2n) is 8.47. The first kappa shape index (κ1) is 20.4. The van der Waals surface area contributed by atoms with Crippen LogP contribution in [-0.2, 0) is 10.4 Å². The Labute approximate surface area is 186 Å². The minimum atomic E-state index is -0.846. The highest BCUT2D eigenvalue weighted by Gasteiger charge is 2.42. The summed E-state index contributed by atoms with van der Waals surface area (Å²) in [6, 6.07) is 13.1. The molecule has 1 saturated carbocycles. The molecule has 2 heterocycles. The molecule has 2 aliphatic rings. The molecule has 2 aromatic carbocycles. The molecule has 0 radical (unpaired) electrons. The number of benzene rings is 2. The minimum Gasteiger partial charge on any atom is -0.493 e. The number of hydrogen-bond donors (Lipinski definition) is 1. The summed E-state index contributed by atoms with van der Waals surface area (Å²) in [7, 11) is 1.65. The average molecular weight is 434 g/mol. The van der Waals surface area contributed by atoms with Crippen LogP contribution >= 0.6 is 0 Å². The normalized spacial score (nSPS) is 20.8. The first-order valence-electron chi connectivity index (χ1n) is 10.8. The van der Waals surface area contributed by atoms with Crippen LogP contribution in [0.4, 0.5) is 5.69 Å². The van der Waals surface area contributed by atoms with Gasteiger partial charge in [-0.25, -0.2) is 0 Å². The third-order valence-electron chi connectivity index (χ3n) is 6.00. The van der Waals surface area contributed by atoms with Crippen molar-refractivity contribution in [2.24, 2.45) is 5.16 Å². The molecule has 166 valence electrons. The van der Waals surface area contributed by atoms with E-state index in [9.17, 15) is 0 Å². The molecule has 1 unspecified atom stereocenters.